The van der Waals surface area contributed by atoms with Crippen LogP contribution in [0.1, 0.15) is 19.4 Å². The summed E-state index contributed by atoms with van der Waals surface area (Å²) in [5.74, 6) is 0.584. The zero-order valence-corrected chi connectivity index (χ0v) is 14.8. The average molecular weight is 347 g/mol. The SMILES string of the molecule is CC(C)Oc1ccccc1NC(=O)CNCCc1cccc(Cl)c1. The molecule has 2 aromatic rings. The highest BCUT2D eigenvalue weighted by Crippen LogP contribution is 2.24. The molecule has 0 atom stereocenters. The lowest BCUT2D eigenvalue weighted by Crippen LogP contribution is -2.29. The molecule has 2 N–H and O–H groups in total. The molecule has 0 bridgehead atoms. The third-order valence-electron chi connectivity index (χ3n) is 3.29. The van der Waals surface area contributed by atoms with E-state index < -0.39 is 0 Å². The summed E-state index contributed by atoms with van der Waals surface area (Å²) in [4.78, 5) is 12.1. The zero-order chi connectivity index (χ0) is 17.4. The molecule has 0 aliphatic heterocycles. The summed E-state index contributed by atoms with van der Waals surface area (Å²) in [6, 6.07) is 15.2. The van der Waals surface area contributed by atoms with Crippen LogP contribution in [0.15, 0.2) is 48.5 Å². The standard InChI is InChI=1S/C19H23ClN2O2/c1-14(2)24-18-9-4-3-8-17(18)22-19(23)13-21-11-10-15-6-5-7-16(20)12-15/h3-9,12,14,21H,10-11,13H2,1-2H3,(H,22,23). The fraction of sp³-hybridized carbons (Fsp3) is 0.316. The van der Waals surface area contributed by atoms with Crippen molar-refractivity contribution in [2.45, 2.75) is 26.4 Å². The first-order chi connectivity index (χ1) is 11.5. The van der Waals surface area contributed by atoms with Crippen molar-refractivity contribution < 1.29 is 9.53 Å². The molecule has 128 valence electrons. The molecule has 2 rings (SSSR count). The Morgan fingerprint density at radius 3 is 2.71 bits per heavy atom. The summed E-state index contributed by atoms with van der Waals surface area (Å²) in [6.45, 7) is 4.86. The van der Waals surface area contributed by atoms with Crippen molar-refractivity contribution in [2.75, 3.05) is 18.4 Å². The molecular formula is C19H23ClN2O2. The van der Waals surface area contributed by atoms with Gasteiger partial charge in [-0.2, -0.15) is 0 Å². The number of nitrogens with one attached hydrogen (secondary N) is 2. The van der Waals surface area contributed by atoms with E-state index in [2.05, 4.69) is 10.6 Å². The van der Waals surface area contributed by atoms with Gasteiger partial charge >= 0.3 is 0 Å². The molecule has 0 aliphatic carbocycles. The number of carbonyl (C=O) groups is 1. The molecule has 2 aromatic carbocycles. The van der Waals surface area contributed by atoms with Crippen LogP contribution < -0.4 is 15.4 Å². The number of ether oxygens (including phenoxy) is 1. The molecule has 0 radical (unpaired) electrons. The molecule has 4 nitrogen and oxygen atoms in total. The Kier molecular flexibility index (Phi) is 7.09. The largest absolute Gasteiger partial charge is 0.489 e. The zero-order valence-electron chi connectivity index (χ0n) is 14.0. The number of halogens is 1. The van der Waals surface area contributed by atoms with Crippen LogP contribution in [0.25, 0.3) is 0 Å². The molecule has 0 aliphatic rings. The monoisotopic (exact) mass is 346 g/mol. The summed E-state index contributed by atoms with van der Waals surface area (Å²) in [5, 5.41) is 6.74. The Labute approximate surface area is 148 Å². The van der Waals surface area contributed by atoms with Gasteiger partial charge in [-0.15, -0.1) is 0 Å². The van der Waals surface area contributed by atoms with Gasteiger partial charge in [0.2, 0.25) is 5.91 Å². The van der Waals surface area contributed by atoms with E-state index in [1.807, 2.05) is 62.4 Å². The van der Waals surface area contributed by atoms with Crippen molar-refractivity contribution in [3.05, 3.63) is 59.1 Å². The second-order valence-corrected chi connectivity index (χ2v) is 6.20. The van der Waals surface area contributed by atoms with Crippen LogP contribution in [0.5, 0.6) is 5.75 Å². The van der Waals surface area contributed by atoms with Crippen molar-refractivity contribution >= 4 is 23.2 Å². The quantitative estimate of drug-likeness (QED) is 0.713. The number of amides is 1. The molecule has 0 fully saturated rings. The van der Waals surface area contributed by atoms with Gasteiger partial charge < -0.3 is 15.4 Å². The molecular weight excluding hydrogens is 324 g/mol. The lowest BCUT2D eigenvalue weighted by atomic mass is 10.1. The van der Waals surface area contributed by atoms with Crippen molar-refractivity contribution in [2.24, 2.45) is 0 Å². The molecule has 24 heavy (non-hydrogen) atoms. The van der Waals surface area contributed by atoms with Gasteiger partial charge in [0.15, 0.2) is 0 Å². The molecule has 0 heterocycles. The van der Waals surface area contributed by atoms with Gasteiger partial charge in [-0.3, -0.25) is 4.79 Å². The van der Waals surface area contributed by atoms with Crippen molar-refractivity contribution in [3.63, 3.8) is 0 Å². The number of hydrogen-bond donors (Lipinski definition) is 2. The Bertz CT molecular complexity index is 674. The highest BCUT2D eigenvalue weighted by Gasteiger charge is 2.08. The molecule has 0 spiro atoms. The molecule has 0 unspecified atom stereocenters. The maximum atomic E-state index is 12.1. The smallest absolute Gasteiger partial charge is 0.238 e. The number of rotatable bonds is 8. The van der Waals surface area contributed by atoms with Crippen molar-refractivity contribution in [1.29, 1.82) is 0 Å². The van der Waals surface area contributed by atoms with Crippen LogP contribution in [0.3, 0.4) is 0 Å². The summed E-state index contributed by atoms with van der Waals surface area (Å²) in [7, 11) is 0. The minimum atomic E-state index is -0.0964. The van der Waals surface area contributed by atoms with Crippen molar-refractivity contribution in [3.8, 4) is 5.75 Å². The lowest BCUT2D eigenvalue weighted by Gasteiger charge is -2.15. The Hall–Kier alpha value is -2.04. The minimum Gasteiger partial charge on any atom is -0.489 e. The van der Waals surface area contributed by atoms with E-state index in [0.717, 1.165) is 17.0 Å². The van der Waals surface area contributed by atoms with Gasteiger partial charge in [0.05, 0.1) is 18.3 Å². The highest BCUT2D eigenvalue weighted by molar-refractivity contribution is 6.30. The van der Waals surface area contributed by atoms with Crippen LogP contribution in [-0.4, -0.2) is 25.1 Å². The number of carbonyl (C=O) groups excluding carboxylic acids is 1. The van der Waals surface area contributed by atoms with E-state index in [4.69, 9.17) is 16.3 Å². The fourth-order valence-electron chi connectivity index (χ4n) is 2.25. The van der Waals surface area contributed by atoms with Gasteiger partial charge in [0.25, 0.3) is 0 Å². The second kappa shape index (κ2) is 9.30. The number of para-hydroxylation sites is 2. The number of hydrogen-bond acceptors (Lipinski definition) is 3. The van der Waals surface area contributed by atoms with E-state index in [0.29, 0.717) is 18.0 Å². The first-order valence-electron chi connectivity index (χ1n) is 8.05. The first-order valence-corrected chi connectivity index (χ1v) is 8.43. The molecule has 0 aromatic heterocycles. The molecule has 0 saturated carbocycles. The average Bonchev–Trinajstić information content (AvgIpc) is 2.53. The third kappa shape index (κ3) is 6.22. The van der Waals surface area contributed by atoms with Gasteiger partial charge in [-0.05, 0) is 56.6 Å². The van der Waals surface area contributed by atoms with E-state index in [1.165, 1.54) is 0 Å². The minimum absolute atomic E-state index is 0.0545. The summed E-state index contributed by atoms with van der Waals surface area (Å²) >= 11 is 5.95. The van der Waals surface area contributed by atoms with Gasteiger partial charge in [0.1, 0.15) is 5.75 Å². The van der Waals surface area contributed by atoms with Gasteiger partial charge in [-0.25, -0.2) is 0 Å². The molecule has 5 heteroatoms. The van der Waals surface area contributed by atoms with Crippen LogP contribution in [-0.2, 0) is 11.2 Å². The van der Waals surface area contributed by atoms with Crippen LogP contribution in [0.4, 0.5) is 5.69 Å². The van der Waals surface area contributed by atoms with E-state index in [-0.39, 0.29) is 18.6 Å². The topological polar surface area (TPSA) is 50.4 Å². The van der Waals surface area contributed by atoms with Gasteiger partial charge in [-0.1, -0.05) is 35.9 Å². The van der Waals surface area contributed by atoms with E-state index in [9.17, 15) is 4.79 Å². The predicted octanol–water partition coefficient (Wildman–Crippen LogP) is 3.90. The van der Waals surface area contributed by atoms with Crippen LogP contribution in [0, 0.1) is 0 Å². The van der Waals surface area contributed by atoms with Crippen molar-refractivity contribution in [1.82, 2.24) is 5.32 Å². The maximum absolute atomic E-state index is 12.1. The maximum Gasteiger partial charge on any atom is 0.238 e. The second-order valence-electron chi connectivity index (χ2n) is 5.77. The van der Waals surface area contributed by atoms with Gasteiger partial charge in [0, 0.05) is 5.02 Å². The fourth-order valence-corrected chi connectivity index (χ4v) is 2.46. The summed E-state index contributed by atoms with van der Waals surface area (Å²) in [5.41, 5.74) is 1.83. The highest BCUT2D eigenvalue weighted by atomic mass is 35.5. The Morgan fingerprint density at radius 2 is 1.96 bits per heavy atom. The van der Waals surface area contributed by atoms with E-state index >= 15 is 0 Å². The third-order valence-corrected chi connectivity index (χ3v) is 3.52. The summed E-state index contributed by atoms with van der Waals surface area (Å²) in [6.07, 6.45) is 0.875. The number of benzene rings is 2. The van der Waals surface area contributed by atoms with Crippen LogP contribution in [0.2, 0.25) is 5.02 Å². The predicted molar refractivity (Wildman–Crippen MR) is 98.9 cm³/mol. The Morgan fingerprint density at radius 1 is 1.17 bits per heavy atom. The molecule has 1 amide bonds. The Balaban J connectivity index is 1.77. The summed E-state index contributed by atoms with van der Waals surface area (Å²) < 4.78 is 5.69. The normalized spacial score (nSPS) is 10.7. The molecule has 0 saturated heterocycles. The lowest BCUT2D eigenvalue weighted by molar-refractivity contribution is -0.115. The van der Waals surface area contributed by atoms with E-state index in [1.54, 1.807) is 0 Å². The van der Waals surface area contributed by atoms with Crippen LogP contribution >= 0.6 is 11.6 Å². The number of anilines is 1. The first kappa shape index (κ1) is 18.3.